The molecule has 3 atom stereocenters. The fourth-order valence-electron chi connectivity index (χ4n) is 3.23. The molecule has 1 aliphatic carbocycles. The molecule has 1 saturated carbocycles. The van der Waals surface area contributed by atoms with E-state index in [1.807, 2.05) is 20.8 Å². The van der Waals surface area contributed by atoms with Crippen LogP contribution in [-0.4, -0.2) is 40.4 Å². The predicted molar refractivity (Wildman–Crippen MR) is 69.3 cm³/mol. The van der Waals surface area contributed by atoms with Gasteiger partial charge < -0.3 is 14.7 Å². The molecule has 1 amide bonds. The van der Waals surface area contributed by atoms with Crippen molar-refractivity contribution in [2.75, 3.05) is 6.54 Å². The Kier molecular flexibility index (Phi) is 3.85. The Labute approximate surface area is 109 Å². The summed E-state index contributed by atoms with van der Waals surface area (Å²) < 4.78 is 5.45. The SMILES string of the molecule is CC(C)(C)OC(=O)N1CCCC2CCCC(O)C21. The highest BCUT2D eigenvalue weighted by molar-refractivity contribution is 5.69. The number of ether oxygens (including phenoxy) is 1. The van der Waals surface area contributed by atoms with Gasteiger partial charge in [-0.2, -0.15) is 0 Å². The molecule has 1 N–H and O–H groups in total. The molecule has 2 aliphatic rings. The van der Waals surface area contributed by atoms with Crippen LogP contribution in [0, 0.1) is 5.92 Å². The lowest BCUT2D eigenvalue weighted by Gasteiger charge is -2.46. The molecule has 0 bridgehead atoms. The Morgan fingerprint density at radius 2 is 1.89 bits per heavy atom. The number of rotatable bonds is 0. The van der Waals surface area contributed by atoms with E-state index < -0.39 is 5.60 Å². The maximum absolute atomic E-state index is 12.2. The standard InChI is InChI=1S/C14H25NO3/c1-14(2,3)18-13(17)15-9-5-7-10-6-4-8-11(16)12(10)15/h10-12,16H,4-9H2,1-3H3. The Morgan fingerprint density at radius 1 is 1.22 bits per heavy atom. The number of carbonyl (C=O) groups excluding carboxylic acids is 1. The van der Waals surface area contributed by atoms with Crippen LogP contribution in [0.5, 0.6) is 0 Å². The maximum atomic E-state index is 12.2. The molecule has 4 heteroatoms. The first-order valence-corrected chi connectivity index (χ1v) is 7.06. The first-order chi connectivity index (χ1) is 8.38. The van der Waals surface area contributed by atoms with Crippen LogP contribution in [0.4, 0.5) is 4.79 Å². The molecule has 104 valence electrons. The van der Waals surface area contributed by atoms with Crippen molar-refractivity contribution < 1.29 is 14.6 Å². The lowest BCUT2D eigenvalue weighted by atomic mass is 9.77. The smallest absolute Gasteiger partial charge is 0.410 e. The third-order valence-corrected chi connectivity index (χ3v) is 3.91. The average molecular weight is 255 g/mol. The molecule has 1 aliphatic heterocycles. The van der Waals surface area contributed by atoms with E-state index in [4.69, 9.17) is 4.74 Å². The molecule has 0 spiro atoms. The molecule has 18 heavy (non-hydrogen) atoms. The molecule has 0 aromatic rings. The maximum Gasteiger partial charge on any atom is 0.410 e. The number of amides is 1. The van der Waals surface area contributed by atoms with Crippen LogP contribution in [-0.2, 0) is 4.74 Å². The van der Waals surface area contributed by atoms with Crippen molar-refractivity contribution in [1.82, 2.24) is 4.90 Å². The number of fused-ring (bicyclic) bond motifs is 1. The first kappa shape index (κ1) is 13.7. The Balaban J connectivity index is 2.08. The van der Waals surface area contributed by atoms with Crippen molar-refractivity contribution in [2.24, 2.45) is 5.92 Å². The van der Waals surface area contributed by atoms with Crippen LogP contribution < -0.4 is 0 Å². The quantitative estimate of drug-likeness (QED) is 0.723. The molecular formula is C14H25NO3. The van der Waals surface area contributed by atoms with Crippen LogP contribution >= 0.6 is 0 Å². The summed E-state index contributed by atoms with van der Waals surface area (Å²) in [4.78, 5) is 14.0. The zero-order chi connectivity index (χ0) is 13.3. The minimum Gasteiger partial charge on any atom is -0.444 e. The highest BCUT2D eigenvalue weighted by Gasteiger charge is 2.42. The molecule has 1 saturated heterocycles. The van der Waals surface area contributed by atoms with Crippen molar-refractivity contribution in [3.8, 4) is 0 Å². The number of aliphatic hydroxyl groups is 1. The summed E-state index contributed by atoms with van der Waals surface area (Å²) in [7, 11) is 0. The number of piperidine rings is 1. The van der Waals surface area contributed by atoms with E-state index in [1.165, 1.54) is 0 Å². The second-order valence-electron chi connectivity index (χ2n) is 6.56. The predicted octanol–water partition coefficient (Wildman–Crippen LogP) is 2.55. The second-order valence-corrected chi connectivity index (χ2v) is 6.56. The van der Waals surface area contributed by atoms with Gasteiger partial charge in [0.2, 0.25) is 0 Å². The van der Waals surface area contributed by atoms with Gasteiger partial charge >= 0.3 is 6.09 Å². The number of nitrogens with zero attached hydrogens (tertiary/aromatic N) is 1. The zero-order valence-electron chi connectivity index (χ0n) is 11.7. The monoisotopic (exact) mass is 255 g/mol. The van der Waals surface area contributed by atoms with Gasteiger partial charge in [-0.15, -0.1) is 0 Å². The van der Waals surface area contributed by atoms with E-state index >= 15 is 0 Å². The minimum atomic E-state index is -0.469. The zero-order valence-corrected chi connectivity index (χ0v) is 11.7. The Bertz CT molecular complexity index is 309. The van der Waals surface area contributed by atoms with Crippen molar-refractivity contribution in [1.29, 1.82) is 0 Å². The summed E-state index contributed by atoms with van der Waals surface area (Å²) in [5, 5.41) is 10.2. The summed E-state index contributed by atoms with van der Waals surface area (Å²) in [5.41, 5.74) is -0.469. The van der Waals surface area contributed by atoms with Crippen LogP contribution in [0.3, 0.4) is 0 Å². The van der Waals surface area contributed by atoms with Gasteiger partial charge in [-0.3, -0.25) is 0 Å². The van der Waals surface area contributed by atoms with Crippen molar-refractivity contribution in [3.63, 3.8) is 0 Å². The number of aliphatic hydroxyl groups excluding tert-OH is 1. The van der Waals surface area contributed by atoms with Gasteiger partial charge in [0.1, 0.15) is 5.60 Å². The molecule has 2 fully saturated rings. The number of hydrogen-bond acceptors (Lipinski definition) is 3. The van der Waals surface area contributed by atoms with Gasteiger partial charge in [-0.05, 0) is 52.4 Å². The highest BCUT2D eigenvalue weighted by atomic mass is 16.6. The lowest BCUT2D eigenvalue weighted by molar-refractivity contribution is -0.0503. The highest BCUT2D eigenvalue weighted by Crippen LogP contribution is 2.36. The summed E-state index contributed by atoms with van der Waals surface area (Å²) in [6.45, 7) is 6.35. The van der Waals surface area contributed by atoms with E-state index in [2.05, 4.69) is 0 Å². The van der Waals surface area contributed by atoms with Gasteiger partial charge in [0.25, 0.3) is 0 Å². The van der Waals surface area contributed by atoms with Crippen LogP contribution in [0.15, 0.2) is 0 Å². The number of likely N-dealkylation sites (tertiary alicyclic amines) is 1. The van der Waals surface area contributed by atoms with Crippen LogP contribution in [0.2, 0.25) is 0 Å². The van der Waals surface area contributed by atoms with E-state index in [9.17, 15) is 9.90 Å². The lowest BCUT2D eigenvalue weighted by Crippen LogP contribution is -2.56. The van der Waals surface area contributed by atoms with E-state index in [0.29, 0.717) is 12.5 Å². The molecule has 4 nitrogen and oxygen atoms in total. The van der Waals surface area contributed by atoms with Gasteiger partial charge in [0.05, 0.1) is 12.1 Å². The van der Waals surface area contributed by atoms with Crippen LogP contribution in [0.1, 0.15) is 52.9 Å². The van der Waals surface area contributed by atoms with Gasteiger partial charge in [0, 0.05) is 6.54 Å². The summed E-state index contributed by atoms with van der Waals surface area (Å²) >= 11 is 0. The average Bonchev–Trinajstić information content (AvgIpc) is 2.26. The molecular weight excluding hydrogens is 230 g/mol. The topological polar surface area (TPSA) is 49.8 Å². The van der Waals surface area contributed by atoms with Gasteiger partial charge in [0.15, 0.2) is 0 Å². The fourth-order valence-corrected chi connectivity index (χ4v) is 3.23. The molecule has 0 aromatic heterocycles. The van der Waals surface area contributed by atoms with Gasteiger partial charge in [-0.25, -0.2) is 4.79 Å². The van der Waals surface area contributed by atoms with Gasteiger partial charge in [-0.1, -0.05) is 6.42 Å². The van der Waals surface area contributed by atoms with Crippen molar-refractivity contribution in [2.45, 2.75) is 70.6 Å². The number of carbonyl (C=O) groups is 1. The largest absolute Gasteiger partial charge is 0.444 e. The fraction of sp³-hybridized carbons (Fsp3) is 0.929. The third kappa shape index (κ3) is 2.97. The molecule has 0 radical (unpaired) electrons. The minimum absolute atomic E-state index is 0.0256. The summed E-state index contributed by atoms with van der Waals surface area (Å²) in [6.07, 6.45) is 4.51. The molecule has 0 aromatic carbocycles. The Hall–Kier alpha value is -0.770. The summed E-state index contributed by atoms with van der Waals surface area (Å²) in [6, 6.07) is -0.0256. The third-order valence-electron chi connectivity index (χ3n) is 3.91. The van der Waals surface area contributed by atoms with Crippen molar-refractivity contribution in [3.05, 3.63) is 0 Å². The van der Waals surface area contributed by atoms with E-state index in [1.54, 1.807) is 4.90 Å². The summed E-state index contributed by atoms with van der Waals surface area (Å²) in [5.74, 6) is 0.454. The van der Waals surface area contributed by atoms with Crippen LogP contribution in [0.25, 0.3) is 0 Å². The van der Waals surface area contributed by atoms with Crippen molar-refractivity contribution >= 4 is 6.09 Å². The molecule has 2 rings (SSSR count). The molecule has 1 heterocycles. The second kappa shape index (κ2) is 5.08. The first-order valence-electron chi connectivity index (χ1n) is 7.06. The molecule has 3 unspecified atom stereocenters. The van der Waals surface area contributed by atoms with E-state index in [-0.39, 0.29) is 18.2 Å². The normalized spacial score (nSPS) is 32.9. The Morgan fingerprint density at radius 3 is 2.56 bits per heavy atom. The number of hydrogen-bond donors (Lipinski definition) is 1. The van der Waals surface area contributed by atoms with E-state index in [0.717, 1.165) is 32.1 Å².